The van der Waals surface area contributed by atoms with Crippen LogP contribution in [0.2, 0.25) is 5.02 Å². The van der Waals surface area contributed by atoms with Gasteiger partial charge >= 0.3 is 0 Å². The van der Waals surface area contributed by atoms with Crippen molar-refractivity contribution in [2.24, 2.45) is 0 Å². The molecule has 0 radical (unpaired) electrons. The van der Waals surface area contributed by atoms with Crippen molar-refractivity contribution in [1.29, 1.82) is 0 Å². The van der Waals surface area contributed by atoms with Gasteiger partial charge in [0.1, 0.15) is 11.6 Å². The minimum Gasteiger partial charge on any atom is -0.378 e. The minimum atomic E-state index is -0.461. The predicted octanol–water partition coefficient (Wildman–Crippen LogP) is 4.59. The fraction of sp³-hybridized carbons (Fsp3) is 0.200. The van der Waals surface area contributed by atoms with Gasteiger partial charge in [-0.05, 0) is 36.4 Å². The molecule has 1 saturated heterocycles. The van der Waals surface area contributed by atoms with Crippen LogP contribution in [-0.2, 0) is 4.74 Å². The lowest BCUT2D eigenvalue weighted by Gasteiger charge is -2.30. The quantitative estimate of drug-likeness (QED) is 0.654. The number of morpholine rings is 1. The molecule has 0 saturated carbocycles. The van der Waals surface area contributed by atoms with Crippen molar-refractivity contribution in [2.75, 3.05) is 41.8 Å². The minimum absolute atomic E-state index is 0.0526. The summed E-state index contributed by atoms with van der Waals surface area (Å²) in [5.41, 5.74) is 2.65. The summed E-state index contributed by atoms with van der Waals surface area (Å²) in [5, 5.41) is 6.45. The van der Waals surface area contributed by atoms with Crippen molar-refractivity contribution >= 4 is 40.4 Å². The fourth-order valence-electron chi connectivity index (χ4n) is 2.99. The molecular weight excluding hydrogens is 381 g/mol. The molecule has 144 valence electrons. The van der Waals surface area contributed by atoms with E-state index in [-0.39, 0.29) is 5.02 Å². The lowest BCUT2D eigenvalue weighted by Crippen LogP contribution is -2.36. The average molecular weight is 400 g/mol. The molecular formula is C20H19ClFN5O. The summed E-state index contributed by atoms with van der Waals surface area (Å²) in [6.07, 6.45) is 1.65. The molecule has 4 rings (SSSR count). The lowest BCUT2D eigenvalue weighted by molar-refractivity contribution is 0.123. The predicted molar refractivity (Wildman–Crippen MR) is 109 cm³/mol. The summed E-state index contributed by atoms with van der Waals surface area (Å²) < 4.78 is 18.8. The molecule has 0 unspecified atom stereocenters. The van der Waals surface area contributed by atoms with Gasteiger partial charge in [0, 0.05) is 25.0 Å². The largest absolute Gasteiger partial charge is 0.378 e. The average Bonchev–Trinajstić information content (AvgIpc) is 2.72. The molecule has 2 N–H and O–H groups in total. The second-order valence-corrected chi connectivity index (χ2v) is 6.67. The van der Waals surface area contributed by atoms with E-state index in [0.29, 0.717) is 30.7 Å². The summed E-state index contributed by atoms with van der Waals surface area (Å²) in [6, 6.07) is 14.2. The Kier molecular flexibility index (Phi) is 5.55. The van der Waals surface area contributed by atoms with E-state index in [4.69, 9.17) is 16.3 Å². The fourth-order valence-corrected chi connectivity index (χ4v) is 3.17. The van der Waals surface area contributed by atoms with E-state index < -0.39 is 5.82 Å². The molecule has 0 spiro atoms. The molecule has 1 aliphatic heterocycles. The highest BCUT2D eigenvalue weighted by atomic mass is 35.5. The topological polar surface area (TPSA) is 62.3 Å². The number of benzene rings is 2. The van der Waals surface area contributed by atoms with Gasteiger partial charge in [0.15, 0.2) is 0 Å². The van der Waals surface area contributed by atoms with Crippen molar-refractivity contribution in [2.45, 2.75) is 0 Å². The molecule has 0 atom stereocenters. The SMILES string of the molecule is Fc1ccc(Nc2ccnc(Nc3ccccc3N3CCOCC3)n2)cc1Cl. The van der Waals surface area contributed by atoms with Gasteiger partial charge in [-0.3, -0.25) is 0 Å². The van der Waals surface area contributed by atoms with Crippen LogP contribution >= 0.6 is 11.6 Å². The van der Waals surface area contributed by atoms with E-state index in [1.807, 2.05) is 18.2 Å². The van der Waals surface area contributed by atoms with E-state index in [0.717, 1.165) is 24.5 Å². The smallest absolute Gasteiger partial charge is 0.229 e. The third-order valence-corrected chi connectivity index (χ3v) is 4.64. The highest BCUT2D eigenvalue weighted by Gasteiger charge is 2.15. The second-order valence-electron chi connectivity index (χ2n) is 6.26. The molecule has 0 aliphatic carbocycles. The third-order valence-electron chi connectivity index (χ3n) is 4.35. The molecule has 0 amide bonds. The van der Waals surface area contributed by atoms with E-state index in [1.54, 1.807) is 18.3 Å². The number of ether oxygens (including phenoxy) is 1. The van der Waals surface area contributed by atoms with Gasteiger partial charge in [-0.15, -0.1) is 0 Å². The molecule has 2 aromatic carbocycles. The van der Waals surface area contributed by atoms with Gasteiger partial charge in [-0.1, -0.05) is 23.7 Å². The van der Waals surface area contributed by atoms with Gasteiger partial charge in [-0.2, -0.15) is 4.98 Å². The van der Waals surface area contributed by atoms with E-state index in [2.05, 4.69) is 31.6 Å². The van der Waals surface area contributed by atoms with E-state index >= 15 is 0 Å². The maximum Gasteiger partial charge on any atom is 0.229 e. The zero-order valence-electron chi connectivity index (χ0n) is 15.0. The first-order chi connectivity index (χ1) is 13.7. The Morgan fingerprint density at radius 1 is 1.04 bits per heavy atom. The normalized spacial score (nSPS) is 14.0. The zero-order valence-corrected chi connectivity index (χ0v) is 15.8. The molecule has 3 aromatic rings. The van der Waals surface area contributed by atoms with E-state index in [1.165, 1.54) is 12.1 Å². The Morgan fingerprint density at radius 3 is 2.68 bits per heavy atom. The van der Waals surface area contributed by atoms with Crippen molar-refractivity contribution < 1.29 is 9.13 Å². The number of rotatable bonds is 5. The van der Waals surface area contributed by atoms with Gasteiger partial charge < -0.3 is 20.3 Å². The van der Waals surface area contributed by atoms with Crippen LogP contribution in [0.4, 0.5) is 33.2 Å². The first-order valence-electron chi connectivity index (χ1n) is 8.93. The molecule has 1 aromatic heterocycles. The highest BCUT2D eigenvalue weighted by molar-refractivity contribution is 6.31. The number of nitrogens with zero attached hydrogens (tertiary/aromatic N) is 3. The Balaban J connectivity index is 1.53. The lowest BCUT2D eigenvalue weighted by atomic mass is 10.2. The molecule has 0 bridgehead atoms. The van der Waals surface area contributed by atoms with Gasteiger partial charge in [0.05, 0.1) is 29.6 Å². The number of aromatic nitrogens is 2. The Bertz CT molecular complexity index is 965. The van der Waals surface area contributed by atoms with Crippen LogP contribution in [0.25, 0.3) is 0 Å². The molecule has 1 fully saturated rings. The Morgan fingerprint density at radius 2 is 1.86 bits per heavy atom. The number of para-hydroxylation sites is 2. The standard InChI is InChI=1S/C20H19ClFN5O/c21-15-13-14(5-6-16(15)22)24-19-7-8-23-20(26-19)25-17-3-1-2-4-18(17)27-9-11-28-12-10-27/h1-8,13H,9-12H2,(H2,23,24,25,26). The van der Waals surface area contributed by atoms with Crippen molar-refractivity contribution in [3.05, 3.63) is 65.6 Å². The van der Waals surface area contributed by atoms with Crippen molar-refractivity contribution in [1.82, 2.24) is 9.97 Å². The Hall–Kier alpha value is -2.90. The number of nitrogens with one attached hydrogen (secondary N) is 2. The molecule has 6 nitrogen and oxygen atoms in total. The monoisotopic (exact) mass is 399 g/mol. The number of anilines is 5. The first-order valence-corrected chi connectivity index (χ1v) is 9.31. The van der Waals surface area contributed by atoms with Crippen molar-refractivity contribution in [3.8, 4) is 0 Å². The van der Waals surface area contributed by atoms with Crippen LogP contribution < -0.4 is 15.5 Å². The van der Waals surface area contributed by atoms with Crippen molar-refractivity contribution in [3.63, 3.8) is 0 Å². The van der Waals surface area contributed by atoms with Gasteiger partial charge in [0.25, 0.3) is 0 Å². The molecule has 1 aliphatic rings. The summed E-state index contributed by atoms with van der Waals surface area (Å²) >= 11 is 5.84. The number of hydrogen-bond donors (Lipinski definition) is 2. The molecule has 28 heavy (non-hydrogen) atoms. The maximum atomic E-state index is 13.3. The van der Waals surface area contributed by atoms with Crippen LogP contribution in [0, 0.1) is 5.82 Å². The second kappa shape index (κ2) is 8.41. The van der Waals surface area contributed by atoms with Gasteiger partial charge in [0.2, 0.25) is 5.95 Å². The van der Waals surface area contributed by atoms with Crippen LogP contribution in [0.15, 0.2) is 54.7 Å². The molecule has 8 heteroatoms. The van der Waals surface area contributed by atoms with Crippen LogP contribution in [-0.4, -0.2) is 36.3 Å². The zero-order chi connectivity index (χ0) is 19.3. The summed E-state index contributed by atoms with van der Waals surface area (Å²) in [6.45, 7) is 3.11. The summed E-state index contributed by atoms with van der Waals surface area (Å²) in [5.74, 6) is 0.569. The molecule has 2 heterocycles. The number of halogens is 2. The van der Waals surface area contributed by atoms with Crippen LogP contribution in [0.3, 0.4) is 0 Å². The van der Waals surface area contributed by atoms with Crippen LogP contribution in [0.5, 0.6) is 0 Å². The van der Waals surface area contributed by atoms with Gasteiger partial charge in [-0.25, -0.2) is 9.37 Å². The van der Waals surface area contributed by atoms with E-state index in [9.17, 15) is 4.39 Å². The first kappa shape index (κ1) is 18.5. The maximum absolute atomic E-state index is 13.3. The number of hydrogen-bond acceptors (Lipinski definition) is 6. The summed E-state index contributed by atoms with van der Waals surface area (Å²) in [7, 11) is 0. The van der Waals surface area contributed by atoms with Crippen LogP contribution in [0.1, 0.15) is 0 Å². The summed E-state index contributed by atoms with van der Waals surface area (Å²) in [4.78, 5) is 11.1. The third kappa shape index (κ3) is 4.32. The highest BCUT2D eigenvalue weighted by Crippen LogP contribution is 2.29. The Labute approximate surface area is 167 Å².